The maximum atomic E-state index is 5.42. The molecule has 0 unspecified atom stereocenters. The summed E-state index contributed by atoms with van der Waals surface area (Å²) in [5.74, 6) is 6.15. The first-order valence-corrected chi connectivity index (χ1v) is 4.58. The number of nitrogens with zero attached hydrogens (tertiary/aromatic N) is 1. The minimum Gasteiger partial charge on any atom is -0.246 e. The Morgan fingerprint density at radius 3 is 2.73 bits per heavy atom. The van der Waals surface area contributed by atoms with Gasteiger partial charge in [0.25, 0.3) is 0 Å². The van der Waals surface area contributed by atoms with Gasteiger partial charge in [-0.3, -0.25) is 0 Å². The van der Waals surface area contributed by atoms with Crippen molar-refractivity contribution in [1.82, 2.24) is 4.98 Å². The Hall–Kier alpha value is -0.520. The predicted octanol–water partition coefficient (Wildman–Crippen LogP) is 2.35. The summed E-state index contributed by atoms with van der Waals surface area (Å²) in [4.78, 5) is 5.27. The second-order valence-corrected chi connectivity index (χ2v) is 3.55. The van der Waals surface area contributed by atoms with E-state index in [4.69, 9.17) is 11.6 Å². The van der Waals surface area contributed by atoms with Gasteiger partial charge < -0.3 is 0 Å². The maximum Gasteiger partial charge on any atom is 0.0999 e. The molecule has 1 heterocycles. The minimum absolute atomic E-state index is 0.385. The molecular formula is C8H8ClNS. The quantitative estimate of drug-likeness (QED) is 0.447. The lowest BCUT2D eigenvalue weighted by Crippen LogP contribution is -1.74. The number of hydrogen-bond acceptors (Lipinski definition) is 2. The predicted molar refractivity (Wildman–Crippen MR) is 49.2 cm³/mol. The molecule has 0 saturated heterocycles. The fourth-order valence-corrected chi connectivity index (χ4v) is 1.62. The van der Waals surface area contributed by atoms with Crippen LogP contribution in [0.3, 0.4) is 0 Å². The second kappa shape index (κ2) is 3.75. The number of halogens is 1. The van der Waals surface area contributed by atoms with E-state index in [1.165, 1.54) is 0 Å². The van der Waals surface area contributed by atoms with Crippen LogP contribution in [-0.4, -0.2) is 10.9 Å². The van der Waals surface area contributed by atoms with Crippen LogP contribution in [0.25, 0.3) is 0 Å². The van der Waals surface area contributed by atoms with Crippen LogP contribution < -0.4 is 0 Å². The van der Waals surface area contributed by atoms with E-state index in [0.29, 0.717) is 5.88 Å². The molecule has 0 fully saturated rings. The molecule has 0 aliphatic carbocycles. The number of alkyl halides is 1. The zero-order valence-electron chi connectivity index (χ0n) is 6.44. The van der Waals surface area contributed by atoms with E-state index in [0.717, 1.165) is 15.6 Å². The second-order valence-electron chi connectivity index (χ2n) is 2.08. The molecule has 11 heavy (non-hydrogen) atoms. The molecule has 0 aromatic carbocycles. The molecule has 0 aliphatic heterocycles. The molecule has 58 valence electrons. The van der Waals surface area contributed by atoms with Crippen LogP contribution in [0.4, 0.5) is 0 Å². The molecule has 0 aliphatic rings. The number of aromatic nitrogens is 1. The number of rotatable bonds is 0. The Labute approximate surface area is 75.4 Å². The molecule has 0 saturated carbocycles. The average molecular weight is 186 g/mol. The minimum atomic E-state index is 0.385. The third-order valence-electron chi connectivity index (χ3n) is 1.17. The van der Waals surface area contributed by atoms with E-state index >= 15 is 0 Å². The highest BCUT2D eigenvalue weighted by atomic mass is 35.5. The fourth-order valence-electron chi connectivity index (χ4n) is 0.761. The molecule has 1 aromatic rings. The van der Waals surface area contributed by atoms with Gasteiger partial charge in [0, 0.05) is 0 Å². The van der Waals surface area contributed by atoms with E-state index in [2.05, 4.69) is 16.8 Å². The van der Waals surface area contributed by atoms with Gasteiger partial charge >= 0.3 is 0 Å². The van der Waals surface area contributed by atoms with Crippen molar-refractivity contribution >= 4 is 22.9 Å². The van der Waals surface area contributed by atoms with Crippen LogP contribution >= 0.6 is 22.9 Å². The highest BCUT2D eigenvalue weighted by Crippen LogP contribution is 2.14. The summed E-state index contributed by atoms with van der Waals surface area (Å²) in [5, 5.41) is 1.06. The zero-order valence-corrected chi connectivity index (χ0v) is 8.01. The van der Waals surface area contributed by atoms with Crippen molar-refractivity contribution in [3.05, 3.63) is 15.6 Å². The number of thiazole rings is 1. The van der Waals surface area contributed by atoms with E-state index in [9.17, 15) is 0 Å². The first kappa shape index (κ1) is 8.58. The summed E-state index contributed by atoms with van der Waals surface area (Å²) in [6, 6.07) is 0. The van der Waals surface area contributed by atoms with Gasteiger partial charge in [-0.25, -0.2) is 4.98 Å². The lowest BCUT2D eigenvalue weighted by molar-refractivity contribution is 1.19. The van der Waals surface area contributed by atoms with Crippen molar-refractivity contribution in [2.75, 3.05) is 5.88 Å². The van der Waals surface area contributed by atoms with Gasteiger partial charge in [-0.1, -0.05) is 11.8 Å². The molecule has 0 bridgehead atoms. The molecular weight excluding hydrogens is 178 g/mol. The molecule has 1 nitrogen and oxygen atoms in total. The SMILES string of the molecule is Cc1nc(C)c(C#CCCl)s1. The molecule has 0 N–H and O–H groups in total. The highest BCUT2D eigenvalue weighted by Gasteiger charge is 1.99. The van der Waals surface area contributed by atoms with Gasteiger partial charge in [-0.05, 0) is 13.8 Å². The monoisotopic (exact) mass is 185 g/mol. The molecule has 1 rings (SSSR count). The van der Waals surface area contributed by atoms with Crippen LogP contribution in [0, 0.1) is 25.7 Å². The first-order chi connectivity index (χ1) is 5.24. The number of aryl methyl sites for hydroxylation is 2. The number of hydrogen-bond donors (Lipinski definition) is 0. The van der Waals surface area contributed by atoms with Crippen LogP contribution in [-0.2, 0) is 0 Å². The molecule has 0 amide bonds. The van der Waals surface area contributed by atoms with Gasteiger partial charge in [-0.15, -0.1) is 22.9 Å². The molecule has 3 heteroatoms. The standard InChI is InChI=1S/C8H8ClNS/c1-6-8(4-3-5-9)11-7(2)10-6/h5H2,1-2H3. The summed E-state index contributed by atoms with van der Waals surface area (Å²) in [5.41, 5.74) is 1.00. The Balaban J connectivity index is 2.94. The highest BCUT2D eigenvalue weighted by molar-refractivity contribution is 7.12. The van der Waals surface area contributed by atoms with Crippen LogP contribution in [0.15, 0.2) is 0 Å². The Kier molecular flexibility index (Phi) is 2.92. The summed E-state index contributed by atoms with van der Waals surface area (Å²) in [7, 11) is 0. The van der Waals surface area contributed by atoms with Gasteiger partial charge in [0.05, 0.1) is 21.5 Å². The van der Waals surface area contributed by atoms with E-state index < -0.39 is 0 Å². The van der Waals surface area contributed by atoms with Crippen molar-refractivity contribution in [3.63, 3.8) is 0 Å². The third-order valence-corrected chi connectivity index (χ3v) is 2.29. The molecule has 0 spiro atoms. The topological polar surface area (TPSA) is 12.9 Å². The van der Waals surface area contributed by atoms with Crippen molar-refractivity contribution < 1.29 is 0 Å². The van der Waals surface area contributed by atoms with Crippen LogP contribution in [0.1, 0.15) is 15.6 Å². The van der Waals surface area contributed by atoms with Gasteiger partial charge in [0.1, 0.15) is 0 Å². The smallest absolute Gasteiger partial charge is 0.0999 e. The van der Waals surface area contributed by atoms with Crippen molar-refractivity contribution in [3.8, 4) is 11.8 Å². The first-order valence-electron chi connectivity index (χ1n) is 3.23. The largest absolute Gasteiger partial charge is 0.246 e. The summed E-state index contributed by atoms with van der Waals surface area (Å²) in [6.45, 7) is 3.94. The lowest BCUT2D eigenvalue weighted by atomic mass is 10.4. The van der Waals surface area contributed by atoms with Gasteiger partial charge in [0.2, 0.25) is 0 Å². The van der Waals surface area contributed by atoms with Crippen molar-refractivity contribution in [2.24, 2.45) is 0 Å². The fraction of sp³-hybridized carbons (Fsp3) is 0.375. The third kappa shape index (κ3) is 2.21. The summed E-state index contributed by atoms with van der Waals surface area (Å²) in [6.07, 6.45) is 0. The Bertz CT molecular complexity index is 306. The lowest BCUT2D eigenvalue weighted by Gasteiger charge is -1.79. The summed E-state index contributed by atoms with van der Waals surface area (Å²) >= 11 is 7.03. The van der Waals surface area contributed by atoms with E-state index in [1.807, 2.05) is 13.8 Å². The van der Waals surface area contributed by atoms with Crippen LogP contribution in [0.5, 0.6) is 0 Å². The van der Waals surface area contributed by atoms with Crippen molar-refractivity contribution in [2.45, 2.75) is 13.8 Å². The van der Waals surface area contributed by atoms with Crippen molar-refractivity contribution in [1.29, 1.82) is 0 Å². The van der Waals surface area contributed by atoms with Crippen LogP contribution in [0.2, 0.25) is 0 Å². The molecule has 1 aromatic heterocycles. The Morgan fingerprint density at radius 2 is 2.27 bits per heavy atom. The Morgan fingerprint density at radius 1 is 1.55 bits per heavy atom. The average Bonchev–Trinajstić information content (AvgIpc) is 2.26. The van der Waals surface area contributed by atoms with Gasteiger partial charge in [-0.2, -0.15) is 0 Å². The molecule has 0 atom stereocenters. The zero-order chi connectivity index (χ0) is 8.27. The summed E-state index contributed by atoms with van der Waals surface area (Å²) < 4.78 is 0. The van der Waals surface area contributed by atoms with E-state index in [-0.39, 0.29) is 0 Å². The van der Waals surface area contributed by atoms with E-state index in [1.54, 1.807) is 11.3 Å². The maximum absolute atomic E-state index is 5.42. The molecule has 0 radical (unpaired) electrons. The normalized spacial score (nSPS) is 9.00. The van der Waals surface area contributed by atoms with Gasteiger partial charge in [0.15, 0.2) is 0 Å².